The highest BCUT2D eigenvalue weighted by Crippen LogP contribution is 2.31. The molecule has 0 unspecified atom stereocenters. The van der Waals surface area contributed by atoms with Crippen LogP contribution in [0.5, 0.6) is 0 Å². The molecule has 1 rings (SSSR count). The Morgan fingerprint density at radius 2 is 1.74 bits per heavy atom. The predicted molar refractivity (Wildman–Crippen MR) is 87.0 cm³/mol. The largest absolute Gasteiger partial charge is 0.354 e. The second kappa shape index (κ2) is 7.71. The standard InChI is InChI=1S/C16H23N3O4/c1-11(2)14(20)17-9-10-18-15(21)16(3,4)12-7-5-6-8-13(12)19(22)23/h5-8,11H,9-10H2,1-4H3,(H,17,20)(H,18,21). The molecule has 0 fully saturated rings. The lowest BCUT2D eigenvalue weighted by Crippen LogP contribution is -2.44. The molecule has 23 heavy (non-hydrogen) atoms. The Balaban J connectivity index is 2.71. The van der Waals surface area contributed by atoms with Crippen molar-refractivity contribution >= 4 is 17.5 Å². The molecule has 2 amide bonds. The normalized spacial score (nSPS) is 11.2. The van der Waals surface area contributed by atoms with Crippen LogP contribution in [0.2, 0.25) is 0 Å². The van der Waals surface area contributed by atoms with Crippen molar-refractivity contribution in [3.8, 4) is 0 Å². The lowest BCUT2D eigenvalue weighted by molar-refractivity contribution is -0.385. The number of carbonyl (C=O) groups excluding carboxylic acids is 2. The fraction of sp³-hybridized carbons (Fsp3) is 0.500. The molecule has 0 aliphatic carbocycles. The molecule has 7 heteroatoms. The lowest BCUT2D eigenvalue weighted by Gasteiger charge is -2.24. The number of nitro groups is 1. The van der Waals surface area contributed by atoms with Crippen molar-refractivity contribution in [2.45, 2.75) is 33.1 Å². The molecule has 0 aliphatic heterocycles. The van der Waals surface area contributed by atoms with Crippen LogP contribution < -0.4 is 10.6 Å². The summed E-state index contributed by atoms with van der Waals surface area (Å²) in [5, 5.41) is 16.5. The molecule has 0 radical (unpaired) electrons. The molecule has 0 heterocycles. The minimum atomic E-state index is -1.05. The van der Waals surface area contributed by atoms with Gasteiger partial charge in [0.05, 0.1) is 10.3 Å². The number of nitrogens with zero attached hydrogens (tertiary/aromatic N) is 1. The topological polar surface area (TPSA) is 101 Å². The Labute approximate surface area is 135 Å². The molecule has 0 saturated carbocycles. The third-order valence-electron chi connectivity index (χ3n) is 3.58. The van der Waals surface area contributed by atoms with E-state index in [-0.39, 0.29) is 30.0 Å². The quantitative estimate of drug-likeness (QED) is 0.454. The average molecular weight is 321 g/mol. The Hall–Kier alpha value is -2.44. The highest BCUT2D eigenvalue weighted by Gasteiger charge is 2.35. The first-order chi connectivity index (χ1) is 10.7. The van der Waals surface area contributed by atoms with Gasteiger partial charge in [-0.15, -0.1) is 0 Å². The molecular formula is C16H23N3O4. The zero-order valence-corrected chi connectivity index (χ0v) is 13.9. The SMILES string of the molecule is CC(C)C(=O)NCCNC(=O)C(C)(C)c1ccccc1[N+](=O)[O-]. The summed E-state index contributed by atoms with van der Waals surface area (Å²) in [5.74, 6) is -0.531. The second-order valence-corrected chi connectivity index (χ2v) is 6.10. The van der Waals surface area contributed by atoms with Gasteiger partial charge in [0.2, 0.25) is 11.8 Å². The van der Waals surface area contributed by atoms with Gasteiger partial charge < -0.3 is 10.6 Å². The van der Waals surface area contributed by atoms with Crippen molar-refractivity contribution in [1.82, 2.24) is 10.6 Å². The Kier molecular flexibility index (Phi) is 6.24. The summed E-state index contributed by atoms with van der Waals surface area (Å²) in [4.78, 5) is 34.4. The first kappa shape index (κ1) is 18.6. The van der Waals surface area contributed by atoms with E-state index in [1.807, 2.05) is 0 Å². The monoisotopic (exact) mass is 321 g/mol. The molecule has 1 aromatic carbocycles. The molecule has 0 bridgehead atoms. The number of nitrogens with one attached hydrogen (secondary N) is 2. The van der Waals surface area contributed by atoms with E-state index in [1.54, 1.807) is 45.9 Å². The number of hydrogen-bond acceptors (Lipinski definition) is 4. The summed E-state index contributed by atoms with van der Waals surface area (Å²) < 4.78 is 0. The van der Waals surface area contributed by atoms with Gasteiger partial charge in [-0.2, -0.15) is 0 Å². The van der Waals surface area contributed by atoms with Crippen LogP contribution in [-0.4, -0.2) is 29.8 Å². The molecule has 0 aliphatic rings. The lowest BCUT2D eigenvalue weighted by atomic mass is 9.82. The van der Waals surface area contributed by atoms with Crippen molar-refractivity contribution < 1.29 is 14.5 Å². The summed E-state index contributed by atoms with van der Waals surface area (Å²) in [5.41, 5.74) is -0.777. The smallest absolute Gasteiger partial charge is 0.273 e. The summed E-state index contributed by atoms with van der Waals surface area (Å²) in [6.07, 6.45) is 0. The van der Waals surface area contributed by atoms with Gasteiger partial charge in [-0.25, -0.2) is 0 Å². The predicted octanol–water partition coefficient (Wildman–Crippen LogP) is 1.76. The first-order valence-corrected chi connectivity index (χ1v) is 7.47. The Bertz CT molecular complexity index is 597. The van der Waals surface area contributed by atoms with Crippen molar-refractivity contribution in [3.63, 3.8) is 0 Å². The van der Waals surface area contributed by atoms with E-state index in [1.165, 1.54) is 6.07 Å². The maximum Gasteiger partial charge on any atom is 0.273 e. The molecule has 0 saturated heterocycles. The summed E-state index contributed by atoms with van der Waals surface area (Å²) in [6.45, 7) is 7.42. The number of carbonyl (C=O) groups is 2. The highest BCUT2D eigenvalue weighted by molar-refractivity contribution is 5.88. The minimum absolute atomic E-state index is 0.0826. The van der Waals surface area contributed by atoms with Crippen LogP contribution >= 0.6 is 0 Å². The molecule has 0 spiro atoms. The van der Waals surface area contributed by atoms with Gasteiger partial charge in [-0.05, 0) is 13.8 Å². The van der Waals surface area contributed by atoms with Crippen molar-refractivity contribution in [2.75, 3.05) is 13.1 Å². The van der Waals surface area contributed by atoms with Crippen LogP contribution in [0.4, 0.5) is 5.69 Å². The second-order valence-electron chi connectivity index (χ2n) is 6.10. The van der Waals surface area contributed by atoms with E-state index in [0.717, 1.165) is 0 Å². The molecule has 126 valence electrons. The molecular weight excluding hydrogens is 298 g/mol. The van der Waals surface area contributed by atoms with Crippen LogP contribution in [0.1, 0.15) is 33.3 Å². The summed E-state index contributed by atoms with van der Waals surface area (Å²) >= 11 is 0. The number of hydrogen-bond donors (Lipinski definition) is 2. The van der Waals surface area contributed by atoms with Crippen molar-refractivity contribution in [1.29, 1.82) is 0 Å². The van der Waals surface area contributed by atoms with Crippen molar-refractivity contribution in [2.24, 2.45) is 5.92 Å². The van der Waals surface area contributed by atoms with Gasteiger partial charge in [0.1, 0.15) is 0 Å². The van der Waals surface area contributed by atoms with Crippen LogP contribution in [0.3, 0.4) is 0 Å². The zero-order valence-electron chi connectivity index (χ0n) is 13.9. The molecule has 7 nitrogen and oxygen atoms in total. The fourth-order valence-corrected chi connectivity index (χ4v) is 2.07. The average Bonchev–Trinajstić information content (AvgIpc) is 2.50. The molecule has 0 atom stereocenters. The van der Waals surface area contributed by atoms with E-state index >= 15 is 0 Å². The zero-order chi connectivity index (χ0) is 17.6. The molecule has 2 N–H and O–H groups in total. The maximum atomic E-state index is 12.4. The van der Waals surface area contributed by atoms with Crippen LogP contribution in [0.15, 0.2) is 24.3 Å². The van der Waals surface area contributed by atoms with E-state index in [2.05, 4.69) is 10.6 Å². The number of amides is 2. The van der Waals surface area contributed by atoms with Gasteiger partial charge in [0, 0.05) is 30.6 Å². The first-order valence-electron chi connectivity index (χ1n) is 7.47. The van der Waals surface area contributed by atoms with E-state index in [9.17, 15) is 19.7 Å². The fourth-order valence-electron chi connectivity index (χ4n) is 2.07. The number of nitro benzene ring substituents is 1. The van der Waals surface area contributed by atoms with Crippen LogP contribution in [-0.2, 0) is 15.0 Å². The van der Waals surface area contributed by atoms with Gasteiger partial charge in [-0.1, -0.05) is 32.0 Å². The molecule has 1 aromatic rings. The highest BCUT2D eigenvalue weighted by atomic mass is 16.6. The van der Waals surface area contributed by atoms with Crippen LogP contribution in [0, 0.1) is 16.0 Å². The maximum absolute atomic E-state index is 12.4. The Morgan fingerprint density at radius 3 is 2.30 bits per heavy atom. The molecule has 0 aromatic heterocycles. The van der Waals surface area contributed by atoms with E-state index in [4.69, 9.17) is 0 Å². The number of benzene rings is 1. The van der Waals surface area contributed by atoms with E-state index < -0.39 is 10.3 Å². The van der Waals surface area contributed by atoms with E-state index in [0.29, 0.717) is 12.1 Å². The van der Waals surface area contributed by atoms with Gasteiger partial charge >= 0.3 is 0 Å². The Morgan fingerprint density at radius 1 is 1.17 bits per heavy atom. The van der Waals surface area contributed by atoms with Gasteiger partial charge in [0.15, 0.2) is 0 Å². The third kappa shape index (κ3) is 4.77. The van der Waals surface area contributed by atoms with Crippen LogP contribution in [0.25, 0.3) is 0 Å². The van der Waals surface area contributed by atoms with Crippen molar-refractivity contribution in [3.05, 3.63) is 39.9 Å². The summed E-state index contributed by atoms with van der Waals surface area (Å²) in [7, 11) is 0. The van der Waals surface area contributed by atoms with Gasteiger partial charge in [-0.3, -0.25) is 19.7 Å². The number of rotatable bonds is 7. The minimum Gasteiger partial charge on any atom is -0.354 e. The van der Waals surface area contributed by atoms with Gasteiger partial charge in [0.25, 0.3) is 5.69 Å². The third-order valence-corrected chi connectivity index (χ3v) is 3.58. The summed E-state index contributed by atoms with van der Waals surface area (Å²) in [6, 6.07) is 6.20. The number of para-hydroxylation sites is 1.